The van der Waals surface area contributed by atoms with Crippen LogP contribution in [-0.2, 0) is 14.3 Å². The predicted molar refractivity (Wildman–Crippen MR) is 135 cm³/mol. The van der Waals surface area contributed by atoms with E-state index in [4.69, 9.17) is 27.9 Å². The van der Waals surface area contributed by atoms with E-state index in [1.54, 1.807) is 4.90 Å². The van der Waals surface area contributed by atoms with Gasteiger partial charge >= 0.3 is 5.97 Å². The average molecular weight is 506 g/mol. The van der Waals surface area contributed by atoms with Gasteiger partial charge in [0, 0.05) is 16.0 Å². The number of aliphatic hydroxyl groups excluding tert-OH is 1. The van der Waals surface area contributed by atoms with Gasteiger partial charge in [0.15, 0.2) is 0 Å². The topological polar surface area (TPSA) is 66.8 Å². The summed E-state index contributed by atoms with van der Waals surface area (Å²) in [6.45, 7) is 7.60. The molecule has 3 rings (SSSR count). The van der Waals surface area contributed by atoms with Crippen LogP contribution in [-0.4, -0.2) is 41.6 Å². The van der Waals surface area contributed by atoms with Gasteiger partial charge < -0.3 is 14.7 Å². The molecule has 5 nitrogen and oxygen atoms in total. The van der Waals surface area contributed by atoms with Crippen molar-refractivity contribution in [3.8, 4) is 0 Å². The summed E-state index contributed by atoms with van der Waals surface area (Å²) in [6.07, 6.45) is 0.374. The molecule has 1 N–H and O–H groups in total. The number of benzene rings is 2. The summed E-state index contributed by atoms with van der Waals surface area (Å²) in [5.74, 6) is -0.796. The lowest BCUT2D eigenvalue weighted by molar-refractivity contribution is -0.165. The van der Waals surface area contributed by atoms with Gasteiger partial charge in [-0.2, -0.15) is 0 Å². The Balaban J connectivity index is 2.27. The molecule has 34 heavy (non-hydrogen) atoms. The molecule has 4 atom stereocenters. The van der Waals surface area contributed by atoms with Crippen LogP contribution >= 0.6 is 23.2 Å². The van der Waals surface area contributed by atoms with E-state index < -0.39 is 22.8 Å². The number of rotatable bonds is 6. The summed E-state index contributed by atoms with van der Waals surface area (Å²) in [4.78, 5) is 28.4. The molecule has 7 heteroatoms. The number of aliphatic hydroxyl groups is 1. The van der Waals surface area contributed by atoms with Crippen LogP contribution in [0, 0.1) is 10.8 Å². The van der Waals surface area contributed by atoms with Crippen molar-refractivity contribution in [2.24, 2.45) is 10.8 Å². The second kappa shape index (κ2) is 10.3. The lowest BCUT2D eigenvalue weighted by atomic mass is 9.66. The van der Waals surface area contributed by atoms with E-state index in [-0.39, 0.29) is 30.9 Å². The number of likely N-dealkylation sites (tertiary alicyclic amines) is 1. The van der Waals surface area contributed by atoms with Crippen LogP contribution in [0.5, 0.6) is 0 Å². The molecule has 0 aliphatic carbocycles. The van der Waals surface area contributed by atoms with E-state index in [2.05, 4.69) is 0 Å². The average Bonchev–Trinajstić information content (AvgIpc) is 2.77. The van der Waals surface area contributed by atoms with Crippen molar-refractivity contribution in [1.29, 1.82) is 0 Å². The number of methoxy groups -OCH3 is 1. The molecule has 2 aromatic rings. The highest BCUT2D eigenvalue weighted by Gasteiger charge is 2.54. The van der Waals surface area contributed by atoms with Crippen LogP contribution in [0.25, 0.3) is 0 Å². The molecule has 184 valence electrons. The number of halogens is 2. The first-order valence-corrected chi connectivity index (χ1v) is 12.2. The van der Waals surface area contributed by atoms with Crippen molar-refractivity contribution >= 4 is 35.1 Å². The van der Waals surface area contributed by atoms with Crippen molar-refractivity contribution in [2.75, 3.05) is 13.7 Å². The fraction of sp³-hybridized carbons (Fsp3) is 0.481. The first-order chi connectivity index (χ1) is 15.9. The Kier molecular flexibility index (Phi) is 8.01. The predicted octanol–water partition coefficient (Wildman–Crippen LogP) is 6.03. The molecule has 0 radical (unpaired) electrons. The van der Waals surface area contributed by atoms with Crippen molar-refractivity contribution in [1.82, 2.24) is 4.90 Å². The minimum Gasteiger partial charge on any atom is -0.469 e. The zero-order chi connectivity index (χ0) is 25.3. The third-order valence-electron chi connectivity index (χ3n) is 6.86. The van der Waals surface area contributed by atoms with Gasteiger partial charge in [0.2, 0.25) is 5.91 Å². The third-order valence-corrected chi connectivity index (χ3v) is 7.35. The molecule has 1 aliphatic rings. The summed E-state index contributed by atoms with van der Waals surface area (Å²) >= 11 is 12.6. The van der Waals surface area contributed by atoms with E-state index in [1.165, 1.54) is 7.11 Å². The molecular formula is C27H33Cl2NO4. The number of hydrogen-bond donors (Lipinski definition) is 1. The fourth-order valence-electron chi connectivity index (χ4n) is 5.06. The van der Waals surface area contributed by atoms with E-state index in [9.17, 15) is 14.7 Å². The molecule has 1 amide bonds. The minimum absolute atomic E-state index is 0.0501. The van der Waals surface area contributed by atoms with Crippen molar-refractivity contribution in [3.05, 3.63) is 69.7 Å². The normalized spacial score (nSPS) is 24.1. The molecule has 2 aromatic carbocycles. The van der Waals surface area contributed by atoms with Crippen molar-refractivity contribution in [2.45, 2.75) is 58.5 Å². The Morgan fingerprint density at radius 3 is 2.32 bits per heavy atom. The second-order valence-electron chi connectivity index (χ2n) is 10.5. The van der Waals surface area contributed by atoms with E-state index in [0.29, 0.717) is 16.5 Å². The third kappa shape index (κ3) is 5.42. The Bertz CT molecular complexity index is 1030. The highest BCUT2D eigenvalue weighted by atomic mass is 35.5. The van der Waals surface area contributed by atoms with Crippen LogP contribution in [0.1, 0.15) is 63.6 Å². The Hall–Kier alpha value is -2.08. The van der Waals surface area contributed by atoms with Gasteiger partial charge in [-0.1, -0.05) is 75.2 Å². The van der Waals surface area contributed by atoms with Crippen LogP contribution in [0.3, 0.4) is 0 Å². The Morgan fingerprint density at radius 1 is 1.15 bits per heavy atom. The largest absolute Gasteiger partial charge is 0.469 e. The summed E-state index contributed by atoms with van der Waals surface area (Å²) in [6, 6.07) is 14.2. The number of esters is 1. The lowest BCUT2D eigenvalue weighted by Gasteiger charge is -2.54. The number of nitrogens with zero attached hydrogens (tertiary/aromatic N) is 1. The Morgan fingerprint density at radius 2 is 1.79 bits per heavy atom. The summed E-state index contributed by atoms with van der Waals surface area (Å²) in [7, 11) is 1.33. The molecule has 1 saturated heterocycles. The van der Waals surface area contributed by atoms with Crippen molar-refractivity contribution < 1.29 is 19.4 Å². The first-order valence-electron chi connectivity index (χ1n) is 11.4. The first kappa shape index (κ1) is 26.5. The summed E-state index contributed by atoms with van der Waals surface area (Å²) < 4.78 is 4.95. The molecular weight excluding hydrogens is 473 g/mol. The van der Waals surface area contributed by atoms with E-state index in [0.717, 1.165) is 11.1 Å². The Labute approximate surface area is 212 Å². The number of carbonyl (C=O) groups is 2. The molecule has 0 aromatic heterocycles. The number of carbonyl (C=O) groups excluding carboxylic acids is 2. The zero-order valence-corrected chi connectivity index (χ0v) is 21.9. The molecule has 1 aliphatic heterocycles. The molecule has 1 heterocycles. The number of piperidine rings is 1. The van der Waals surface area contributed by atoms with Gasteiger partial charge in [0.25, 0.3) is 0 Å². The van der Waals surface area contributed by atoms with Gasteiger partial charge in [-0.3, -0.25) is 9.59 Å². The van der Waals surface area contributed by atoms with Gasteiger partial charge in [-0.15, -0.1) is 0 Å². The number of ether oxygens (including phenoxy) is 1. The minimum atomic E-state index is -1.01. The second-order valence-corrected chi connectivity index (χ2v) is 11.3. The summed E-state index contributed by atoms with van der Waals surface area (Å²) in [5.41, 5.74) is 0.441. The SMILES string of the molecule is COC(=O)C[C@@]1(C)C[C@H](c2cccc(Cl)c2)[C@@H](c2ccc(Cl)cc2)N([C@H](CO)C(C)(C)C)C1=O. The smallest absolute Gasteiger partial charge is 0.306 e. The van der Waals surface area contributed by atoms with Crippen LogP contribution in [0.2, 0.25) is 10.0 Å². The monoisotopic (exact) mass is 505 g/mol. The molecule has 0 bridgehead atoms. The molecule has 1 fully saturated rings. The highest BCUT2D eigenvalue weighted by Crippen LogP contribution is 2.53. The summed E-state index contributed by atoms with van der Waals surface area (Å²) in [5, 5.41) is 11.7. The van der Waals surface area contributed by atoms with Gasteiger partial charge in [-0.25, -0.2) is 0 Å². The maximum Gasteiger partial charge on any atom is 0.306 e. The van der Waals surface area contributed by atoms with E-state index in [1.807, 2.05) is 76.2 Å². The maximum atomic E-state index is 14.2. The number of hydrogen-bond acceptors (Lipinski definition) is 4. The standard InChI is InChI=1S/C27H33Cl2NO4/c1-26(2,3)22(16-31)30-24(17-9-11-19(28)12-10-17)21(18-7-6-8-20(29)13-18)14-27(4,25(30)33)15-23(32)34-5/h6-13,21-22,24,31H,14-16H2,1-5H3/t21-,22-,24-,27-/m1/s1. The maximum absolute atomic E-state index is 14.2. The molecule has 0 spiro atoms. The van der Waals surface area contributed by atoms with E-state index >= 15 is 0 Å². The van der Waals surface area contributed by atoms with Gasteiger partial charge in [0.05, 0.1) is 37.6 Å². The van der Waals surface area contributed by atoms with Gasteiger partial charge in [-0.05, 0) is 47.2 Å². The molecule has 0 saturated carbocycles. The highest BCUT2D eigenvalue weighted by molar-refractivity contribution is 6.30. The quantitative estimate of drug-likeness (QED) is 0.486. The molecule has 0 unspecified atom stereocenters. The van der Waals surface area contributed by atoms with Crippen LogP contribution in [0.15, 0.2) is 48.5 Å². The van der Waals surface area contributed by atoms with Crippen LogP contribution in [0.4, 0.5) is 0 Å². The van der Waals surface area contributed by atoms with Crippen molar-refractivity contribution in [3.63, 3.8) is 0 Å². The van der Waals surface area contributed by atoms with Crippen LogP contribution < -0.4 is 0 Å². The number of amides is 1. The zero-order valence-electron chi connectivity index (χ0n) is 20.3. The fourth-order valence-corrected chi connectivity index (χ4v) is 5.38. The lowest BCUT2D eigenvalue weighted by Crippen LogP contribution is -2.60. The van der Waals surface area contributed by atoms with Gasteiger partial charge in [0.1, 0.15) is 0 Å².